The van der Waals surface area contributed by atoms with Crippen molar-refractivity contribution in [3.63, 3.8) is 0 Å². The maximum Gasteiger partial charge on any atom is 0.315 e. The molecular weight excluding hydrogens is 292 g/mol. The number of aliphatic hydroxyl groups excluding tert-OH is 1. The molecule has 1 unspecified atom stereocenters. The van der Waals surface area contributed by atoms with E-state index in [1.54, 1.807) is 35.1 Å². The van der Waals surface area contributed by atoms with Gasteiger partial charge in [0.1, 0.15) is 0 Å². The maximum atomic E-state index is 11.7. The van der Waals surface area contributed by atoms with Gasteiger partial charge in [-0.3, -0.25) is 4.68 Å². The molecule has 1 aromatic heterocycles. The number of rotatable bonds is 5. The number of carbonyl (C=O) groups excluding carboxylic acids is 1. The number of hydrogen-bond acceptors (Lipinski definition) is 3. The van der Waals surface area contributed by atoms with Gasteiger partial charge in [0.2, 0.25) is 0 Å². The zero-order chi connectivity index (χ0) is 15.2. The summed E-state index contributed by atoms with van der Waals surface area (Å²) in [6.07, 6.45) is 2.65. The van der Waals surface area contributed by atoms with Crippen LogP contribution >= 0.6 is 11.6 Å². The number of carbonyl (C=O) groups is 1. The van der Waals surface area contributed by atoms with Crippen LogP contribution in [0.25, 0.3) is 0 Å². The molecule has 0 fully saturated rings. The second-order valence-electron chi connectivity index (χ2n) is 4.62. The second kappa shape index (κ2) is 7.10. The first kappa shape index (κ1) is 15.3. The number of aryl methyl sites for hydroxylation is 1. The minimum Gasteiger partial charge on any atom is -0.387 e. The third kappa shape index (κ3) is 4.47. The van der Waals surface area contributed by atoms with Crippen LogP contribution in [0.5, 0.6) is 0 Å². The van der Waals surface area contributed by atoms with Gasteiger partial charge in [-0.05, 0) is 6.07 Å². The van der Waals surface area contributed by atoms with E-state index in [1.807, 2.05) is 13.2 Å². The van der Waals surface area contributed by atoms with Crippen LogP contribution in [0.1, 0.15) is 17.2 Å². The molecule has 2 amide bonds. The average molecular weight is 309 g/mol. The number of benzene rings is 1. The van der Waals surface area contributed by atoms with Gasteiger partial charge in [-0.25, -0.2) is 4.79 Å². The molecule has 6 nitrogen and oxygen atoms in total. The summed E-state index contributed by atoms with van der Waals surface area (Å²) in [4.78, 5) is 11.7. The molecule has 1 atom stereocenters. The highest BCUT2D eigenvalue weighted by Crippen LogP contribution is 2.21. The van der Waals surface area contributed by atoms with Crippen LogP contribution in [-0.2, 0) is 13.6 Å². The van der Waals surface area contributed by atoms with E-state index in [2.05, 4.69) is 15.7 Å². The number of urea groups is 1. The number of hydrogen-bond donors (Lipinski definition) is 3. The summed E-state index contributed by atoms with van der Waals surface area (Å²) >= 11 is 5.98. The minimum atomic E-state index is -0.845. The fourth-order valence-electron chi connectivity index (χ4n) is 1.85. The van der Waals surface area contributed by atoms with Crippen LogP contribution in [0.15, 0.2) is 36.7 Å². The third-order valence-corrected chi connectivity index (χ3v) is 3.28. The van der Waals surface area contributed by atoms with Gasteiger partial charge in [0.15, 0.2) is 0 Å². The van der Waals surface area contributed by atoms with Crippen LogP contribution < -0.4 is 10.6 Å². The number of aliphatic hydroxyl groups is 1. The Morgan fingerprint density at radius 3 is 2.86 bits per heavy atom. The van der Waals surface area contributed by atoms with E-state index < -0.39 is 6.10 Å². The van der Waals surface area contributed by atoms with Crippen molar-refractivity contribution in [1.29, 1.82) is 0 Å². The molecule has 2 aromatic rings. The summed E-state index contributed by atoms with van der Waals surface area (Å²) in [7, 11) is 1.81. The third-order valence-electron chi connectivity index (χ3n) is 2.93. The lowest BCUT2D eigenvalue weighted by Crippen LogP contribution is -2.37. The SMILES string of the molecule is Cn1cc(CNC(=O)NCC(O)c2ccccc2Cl)cn1. The molecule has 0 saturated carbocycles. The monoisotopic (exact) mass is 308 g/mol. The van der Waals surface area contributed by atoms with E-state index in [1.165, 1.54) is 0 Å². The Kier molecular flexibility index (Phi) is 5.19. The van der Waals surface area contributed by atoms with Crippen LogP contribution in [0, 0.1) is 0 Å². The molecule has 1 aromatic carbocycles. The van der Waals surface area contributed by atoms with Gasteiger partial charge in [-0.1, -0.05) is 29.8 Å². The molecule has 0 aliphatic carbocycles. The Bertz CT molecular complexity index is 615. The van der Waals surface area contributed by atoms with Crippen LogP contribution in [0.4, 0.5) is 4.79 Å². The molecule has 0 aliphatic heterocycles. The topological polar surface area (TPSA) is 79.2 Å². The molecule has 0 spiro atoms. The number of halogens is 1. The van der Waals surface area contributed by atoms with E-state index in [9.17, 15) is 9.90 Å². The summed E-state index contributed by atoms with van der Waals surface area (Å²) in [5.41, 5.74) is 1.49. The Morgan fingerprint density at radius 2 is 2.19 bits per heavy atom. The van der Waals surface area contributed by atoms with Crippen LogP contribution in [0.3, 0.4) is 0 Å². The van der Waals surface area contributed by atoms with E-state index in [0.717, 1.165) is 5.56 Å². The van der Waals surface area contributed by atoms with Gasteiger partial charge in [-0.15, -0.1) is 0 Å². The Balaban J connectivity index is 1.77. The predicted molar refractivity (Wildman–Crippen MR) is 79.9 cm³/mol. The molecule has 3 N–H and O–H groups in total. The molecule has 1 heterocycles. The number of nitrogens with zero attached hydrogens (tertiary/aromatic N) is 2. The van der Waals surface area contributed by atoms with Gasteiger partial charge in [0.05, 0.1) is 12.3 Å². The first-order valence-electron chi connectivity index (χ1n) is 6.48. The first-order chi connectivity index (χ1) is 10.1. The quantitative estimate of drug-likeness (QED) is 0.785. The maximum absolute atomic E-state index is 11.7. The zero-order valence-corrected chi connectivity index (χ0v) is 12.3. The van der Waals surface area contributed by atoms with Gasteiger partial charge in [0.25, 0.3) is 0 Å². The Morgan fingerprint density at radius 1 is 1.43 bits per heavy atom. The van der Waals surface area contributed by atoms with Gasteiger partial charge in [0, 0.05) is 42.5 Å². The lowest BCUT2D eigenvalue weighted by molar-refractivity contribution is 0.173. The standard InChI is InChI=1S/C14H17ClN4O2/c1-19-9-10(7-18-19)6-16-14(21)17-8-13(20)11-4-2-3-5-12(11)15/h2-5,7,9,13,20H,6,8H2,1H3,(H2,16,17,21). The smallest absolute Gasteiger partial charge is 0.315 e. The highest BCUT2D eigenvalue weighted by atomic mass is 35.5. The highest BCUT2D eigenvalue weighted by molar-refractivity contribution is 6.31. The molecule has 0 aliphatic rings. The summed E-state index contributed by atoms with van der Waals surface area (Å²) in [6, 6.07) is 6.63. The van der Waals surface area contributed by atoms with E-state index >= 15 is 0 Å². The van der Waals surface area contributed by atoms with Crippen molar-refractivity contribution in [3.05, 3.63) is 52.8 Å². The fraction of sp³-hybridized carbons (Fsp3) is 0.286. The summed E-state index contributed by atoms with van der Waals surface area (Å²) in [6.45, 7) is 0.463. The molecule has 0 saturated heterocycles. The molecule has 2 rings (SSSR count). The summed E-state index contributed by atoms with van der Waals surface area (Å²) < 4.78 is 1.66. The summed E-state index contributed by atoms with van der Waals surface area (Å²) in [5, 5.41) is 19.8. The number of aromatic nitrogens is 2. The minimum absolute atomic E-state index is 0.0859. The van der Waals surface area contributed by atoms with Gasteiger partial charge >= 0.3 is 6.03 Å². The van der Waals surface area contributed by atoms with Crippen molar-refractivity contribution < 1.29 is 9.90 Å². The van der Waals surface area contributed by atoms with Crippen LogP contribution in [0.2, 0.25) is 5.02 Å². The van der Waals surface area contributed by atoms with Gasteiger partial charge in [-0.2, -0.15) is 5.10 Å². The molecule has 21 heavy (non-hydrogen) atoms. The Hall–Kier alpha value is -2.05. The number of nitrogens with one attached hydrogen (secondary N) is 2. The van der Waals surface area contributed by atoms with Gasteiger partial charge < -0.3 is 15.7 Å². The van der Waals surface area contributed by atoms with E-state index in [4.69, 9.17) is 11.6 Å². The van der Waals surface area contributed by atoms with E-state index in [0.29, 0.717) is 17.1 Å². The molecule has 7 heteroatoms. The lowest BCUT2D eigenvalue weighted by atomic mass is 10.1. The zero-order valence-electron chi connectivity index (χ0n) is 11.6. The lowest BCUT2D eigenvalue weighted by Gasteiger charge is -2.14. The molecule has 112 valence electrons. The van der Waals surface area contributed by atoms with Crippen molar-refractivity contribution in [3.8, 4) is 0 Å². The van der Waals surface area contributed by atoms with Crippen molar-refractivity contribution >= 4 is 17.6 Å². The Labute approximate surface area is 127 Å². The van der Waals surface area contributed by atoms with Crippen LogP contribution in [-0.4, -0.2) is 27.5 Å². The van der Waals surface area contributed by atoms with Crippen molar-refractivity contribution in [2.24, 2.45) is 7.05 Å². The molecular formula is C14H17ClN4O2. The number of amides is 2. The molecule has 0 radical (unpaired) electrons. The summed E-state index contributed by atoms with van der Waals surface area (Å²) in [5.74, 6) is 0. The highest BCUT2D eigenvalue weighted by Gasteiger charge is 2.12. The average Bonchev–Trinajstić information content (AvgIpc) is 2.89. The second-order valence-corrected chi connectivity index (χ2v) is 5.03. The largest absolute Gasteiger partial charge is 0.387 e. The first-order valence-corrected chi connectivity index (χ1v) is 6.86. The van der Waals surface area contributed by atoms with E-state index in [-0.39, 0.29) is 12.6 Å². The normalized spacial score (nSPS) is 12.0. The van der Waals surface area contributed by atoms with Crippen molar-refractivity contribution in [2.45, 2.75) is 12.6 Å². The van der Waals surface area contributed by atoms with Crippen molar-refractivity contribution in [1.82, 2.24) is 20.4 Å². The van der Waals surface area contributed by atoms with Crippen molar-refractivity contribution in [2.75, 3.05) is 6.54 Å². The molecule has 0 bridgehead atoms. The predicted octanol–water partition coefficient (Wildman–Crippen LogP) is 1.61. The fourth-order valence-corrected chi connectivity index (χ4v) is 2.11.